The van der Waals surface area contributed by atoms with Crippen molar-refractivity contribution in [2.45, 2.75) is 0 Å². The van der Waals surface area contributed by atoms with Crippen LogP contribution in [0.4, 0.5) is 0 Å². The summed E-state index contributed by atoms with van der Waals surface area (Å²) in [5.74, 6) is 0. The number of aromatic nitrogens is 1. The summed E-state index contributed by atoms with van der Waals surface area (Å²) in [5, 5.41) is 1.07. The van der Waals surface area contributed by atoms with Crippen molar-refractivity contribution in [2.75, 3.05) is 0 Å². The van der Waals surface area contributed by atoms with Gasteiger partial charge in [-0.1, -0.05) is 12.1 Å². The third kappa shape index (κ3) is 1.31. The van der Waals surface area contributed by atoms with Crippen molar-refractivity contribution in [3.05, 3.63) is 55.1 Å². The van der Waals surface area contributed by atoms with Crippen LogP contribution in [-0.2, 0) is 0 Å². The van der Waals surface area contributed by atoms with E-state index in [1.165, 1.54) is 0 Å². The molecule has 2 heterocycles. The van der Waals surface area contributed by atoms with Gasteiger partial charge in [-0.05, 0) is 23.8 Å². The van der Waals surface area contributed by atoms with Crippen LogP contribution in [0, 0.1) is 6.07 Å². The van der Waals surface area contributed by atoms with Crippen molar-refractivity contribution >= 4 is 11.0 Å². The minimum absolute atomic E-state index is 0.788. The molecule has 3 rings (SSSR count). The van der Waals surface area contributed by atoms with Gasteiger partial charge in [0.2, 0.25) is 0 Å². The molecule has 71 valence electrons. The van der Waals surface area contributed by atoms with E-state index >= 15 is 0 Å². The van der Waals surface area contributed by atoms with Crippen LogP contribution in [0.15, 0.2) is 53.4 Å². The molecular weight excluding hydrogens is 186 g/mol. The Hall–Kier alpha value is -2.09. The highest BCUT2D eigenvalue weighted by Crippen LogP contribution is 2.28. The van der Waals surface area contributed by atoms with Crippen molar-refractivity contribution in [1.29, 1.82) is 0 Å². The van der Waals surface area contributed by atoms with Crippen LogP contribution in [-0.4, -0.2) is 4.98 Å². The number of pyridine rings is 1. The summed E-state index contributed by atoms with van der Waals surface area (Å²) < 4.78 is 5.30. The van der Waals surface area contributed by atoms with Crippen LogP contribution >= 0.6 is 0 Å². The Labute approximate surface area is 87.2 Å². The number of benzene rings is 1. The standard InChI is InChI=1S/C13H8NO/c1-4-11(10-3-2-7-14-9-10)12-6-8-15-13(12)5-1/h1-4,6-9H. The SMILES string of the molecule is [c]1ccc(-c2cccnc2)c2ccoc12. The number of hydrogen-bond acceptors (Lipinski definition) is 2. The minimum Gasteiger partial charge on any atom is -0.464 e. The Morgan fingerprint density at radius 3 is 3.07 bits per heavy atom. The first-order chi connectivity index (χ1) is 7.45. The Kier molecular flexibility index (Phi) is 1.78. The van der Waals surface area contributed by atoms with Crippen LogP contribution in [0.5, 0.6) is 0 Å². The lowest BCUT2D eigenvalue weighted by molar-refractivity contribution is 0.615. The van der Waals surface area contributed by atoms with Gasteiger partial charge in [0.05, 0.1) is 6.26 Å². The largest absolute Gasteiger partial charge is 0.464 e. The van der Waals surface area contributed by atoms with Gasteiger partial charge in [-0.15, -0.1) is 0 Å². The molecular formula is C13H8NO. The maximum Gasteiger partial charge on any atom is 0.142 e. The Bertz CT molecular complexity index is 584. The van der Waals surface area contributed by atoms with Gasteiger partial charge in [0, 0.05) is 29.4 Å². The van der Waals surface area contributed by atoms with Crippen molar-refractivity contribution in [2.24, 2.45) is 0 Å². The van der Waals surface area contributed by atoms with E-state index in [0.717, 1.165) is 22.1 Å². The summed E-state index contributed by atoms with van der Waals surface area (Å²) >= 11 is 0. The van der Waals surface area contributed by atoms with E-state index in [4.69, 9.17) is 4.42 Å². The van der Waals surface area contributed by atoms with Gasteiger partial charge in [0.15, 0.2) is 0 Å². The lowest BCUT2D eigenvalue weighted by atomic mass is 10.0. The summed E-state index contributed by atoms with van der Waals surface area (Å²) in [6.07, 6.45) is 5.30. The predicted octanol–water partition coefficient (Wildman–Crippen LogP) is 3.29. The molecule has 1 aromatic carbocycles. The van der Waals surface area contributed by atoms with Crippen LogP contribution < -0.4 is 0 Å². The first kappa shape index (κ1) is 8.24. The van der Waals surface area contributed by atoms with Crippen LogP contribution in [0.1, 0.15) is 0 Å². The lowest BCUT2D eigenvalue weighted by Crippen LogP contribution is -1.79. The second kappa shape index (κ2) is 3.24. The van der Waals surface area contributed by atoms with Crippen molar-refractivity contribution in [1.82, 2.24) is 4.98 Å². The topological polar surface area (TPSA) is 26.0 Å². The molecule has 0 saturated heterocycles. The van der Waals surface area contributed by atoms with Crippen LogP contribution in [0.25, 0.3) is 22.1 Å². The minimum atomic E-state index is 0.788. The number of fused-ring (bicyclic) bond motifs is 1. The Balaban J connectivity index is 2.31. The molecule has 0 bridgehead atoms. The summed E-state index contributed by atoms with van der Waals surface area (Å²) in [6, 6.07) is 12.9. The molecule has 0 fully saturated rings. The molecule has 2 heteroatoms. The van der Waals surface area contributed by atoms with E-state index < -0.39 is 0 Å². The summed E-state index contributed by atoms with van der Waals surface area (Å²) in [7, 11) is 0. The fourth-order valence-electron chi connectivity index (χ4n) is 1.70. The second-order valence-electron chi connectivity index (χ2n) is 3.30. The molecule has 15 heavy (non-hydrogen) atoms. The molecule has 0 aliphatic rings. The highest BCUT2D eigenvalue weighted by Gasteiger charge is 2.04. The molecule has 0 N–H and O–H groups in total. The third-order valence-corrected chi connectivity index (χ3v) is 2.39. The van der Waals surface area contributed by atoms with Gasteiger partial charge < -0.3 is 4.42 Å². The zero-order valence-corrected chi connectivity index (χ0v) is 7.97. The fraction of sp³-hybridized carbons (Fsp3) is 0. The molecule has 3 aromatic rings. The number of nitrogens with zero attached hydrogens (tertiary/aromatic N) is 1. The normalized spacial score (nSPS) is 10.7. The maximum absolute atomic E-state index is 5.30. The average Bonchev–Trinajstić information content (AvgIpc) is 2.78. The smallest absolute Gasteiger partial charge is 0.142 e. The molecule has 0 amide bonds. The molecule has 0 unspecified atom stereocenters. The van der Waals surface area contributed by atoms with E-state index in [-0.39, 0.29) is 0 Å². The van der Waals surface area contributed by atoms with Gasteiger partial charge in [-0.2, -0.15) is 0 Å². The number of rotatable bonds is 1. The molecule has 0 aliphatic heterocycles. The maximum atomic E-state index is 5.30. The molecule has 0 aliphatic carbocycles. The first-order valence-electron chi connectivity index (χ1n) is 4.73. The fourth-order valence-corrected chi connectivity index (χ4v) is 1.70. The summed E-state index contributed by atoms with van der Waals surface area (Å²) in [6.45, 7) is 0. The predicted molar refractivity (Wildman–Crippen MR) is 58.3 cm³/mol. The highest BCUT2D eigenvalue weighted by atomic mass is 16.3. The number of hydrogen-bond donors (Lipinski definition) is 0. The van der Waals surface area contributed by atoms with Gasteiger partial charge >= 0.3 is 0 Å². The molecule has 2 aromatic heterocycles. The second-order valence-corrected chi connectivity index (χ2v) is 3.30. The van der Waals surface area contributed by atoms with Crippen molar-refractivity contribution < 1.29 is 4.42 Å². The molecule has 2 nitrogen and oxygen atoms in total. The van der Waals surface area contributed by atoms with Gasteiger partial charge in [0.1, 0.15) is 5.58 Å². The molecule has 0 atom stereocenters. The van der Waals surface area contributed by atoms with E-state index in [2.05, 4.69) is 11.1 Å². The van der Waals surface area contributed by atoms with Gasteiger partial charge in [-0.25, -0.2) is 0 Å². The first-order valence-corrected chi connectivity index (χ1v) is 4.73. The van der Waals surface area contributed by atoms with E-state index in [1.54, 1.807) is 12.5 Å². The average molecular weight is 194 g/mol. The van der Waals surface area contributed by atoms with E-state index in [0.29, 0.717) is 0 Å². The molecule has 0 spiro atoms. The third-order valence-electron chi connectivity index (χ3n) is 2.39. The van der Waals surface area contributed by atoms with Crippen LogP contribution in [0.2, 0.25) is 0 Å². The zero-order valence-electron chi connectivity index (χ0n) is 7.97. The quantitative estimate of drug-likeness (QED) is 0.594. The molecule has 1 radical (unpaired) electrons. The van der Waals surface area contributed by atoms with E-state index in [9.17, 15) is 0 Å². The van der Waals surface area contributed by atoms with Crippen molar-refractivity contribution in [3.63, 3.8) is 0 Å². The number of furan rings is 1. The summed E-state index contributed by atoms with van der Waals surface area (Å²) in [4.78, 5) is 4.11. The Morgan fingerprint density at radius 1 is 1.20 bits per heavy atom. The van der Waals surface area contributed by atoms with E-state index in [1.807, 2.05) is 36.5 Å². The summed E-state index contributed by atoms with van der Waals surface area (Å²) in [5.41, 5.74) is 3.01. The zero-order chi connectivity index (χ0) is 10.1. The molecule has 0 saturated carbocycles. The van der Waals surface area contributed by atoms with Crippen LogP contribution in [0.3, 0.4) is 0 Å². The van der Waals surface area contributed by atoms with Crippen molar-refractivity contribution in [3.8, 4) is 11.1 Å². The Morgan fingerprint density at radius 2 is 2.20 bits per heavy atom. The lowest BCUT2D eigenvalue weighted by Gasteiger charge is -2.01. The highest BCUT2D eigenvalue weighted by molar-refractivity contribution is 5.93. The van der Waals surface area contributed by atoms with Gasteiger partial charge in [-0.3, -0.25) is 4.98 Å². The van der Waals surface area contributed by atoms with Gasteiger partial charge in [0.25, 0.3) is 0 Å². The monoisotopic (exact) mass is 194 g/mol.